The topological polar surface area (TPSA) is 105 Å². The highest BCUT2D eigenvalue weighted by molar-refractivity contribution is 5.89. The molecule has 8 nitrogen and oxygen atoms in total. The average molecular weight is 422 g/mol. The zero-order valence-electron chi connectivity index (χ0n) is 17.1. The second-order valence-corrected chi connectivity index (χ2v) is 7.18. The number of anilines is 2. The molecule has 0 fully saturated rings. The number of nitrogens with zero attached hydrogens (tertiary/aromatic N) is 5. The molecule has 32 heavy (non-hydrogen) atoms. The number of carboxylic acid groups (broad SMARTS) is 1. The number of imidazole rings is 1. The number of benzene rings is 1. The maximum absolute atomic E-state index is 11.5. The van der Waals surface area contributed by atoms with Crippen LogP contribution in [0.2, 0.25) is 0 Å². The molecule has 0 spiro atoms. The van der Waals surface area contributed by atoms with Crippen LogP contribution in [0.25, 0.3) is 28.4 Å². The fourth-order valence-corrected chi connectivity index (χ4v) is 3.48. The molecule has 1 aromatic carbocycles. The molecule has 2 N–H and O–H groups in total. The highest BCUT2D eigenvalue weighted by Gasteiger charge is 2.20. The smallest absolute Gasteiger partial charge is 0.335 e. The lowest BCUT2D eigenvalue weighted by Gasteiger charge is -2.08. The van der Waals surface area contributed by atoms with Crippen molar-refractivity contribution in [3.8, 4) is 22.8 Å². The number of aromatic nitrogens is 5. The molecular formula is C24H18N6O2. The minimum absolute atomic E-state index is 0.159. The minimum Gasteiger partial charge on any atom is -0.478 e. The molecule has 0 aliphatic carbocycles. The second-order valence-electron chi connectivity index (χ2n) is 7.18. The fourth-order valence-electron chi connectivity index (χ4n) is 3.48. The van der Waals surface area contributed by atoms with Crippen LogP contribution in [-0.2, 0) is 0 Å². The van der Waals surface area contributed by atoms with Gasteiger partial charge in [0.15, 0.2) is 0 Å². The summed E-state index contributed by atoms with van der Waals surface area (Å²) < 4.78 is 1.82. The third-order valence-electron chi connectivity index (χ3n) is 4.93. The summed E-state index contributed by atoms with van der Waals surface area (Å²) in [6.45, 7) is 1.91. The van der Waals surface area contributed by atoms with E-state index in [2.05, 4.69) is 15.3 Å². The van der Waals surface area contributed by atoms with Crippen molar-refractivity contribution in [2.45, 2.75) is 6.92 Å². The normalized spacial score (nSPS) is 10.9. The van der Waals surface area contributed by atoms with Crippen LogP contribution >= 0.6 is 0 Å². The zero-order chi connectivity index (χ0) is 22.1. The lowest BCUT2D eigenvalue weighted by molar-refractivity contribution is 0.0697. The van der Waals surface area contributed by atoms with Crippen molar-refractivity contribution in [3.05, 3.63) is 90.4 Å². The summed E-state index contributed by atoms with van der Waals surface area (Å²) in [4.78, 5) is 29.8. The number of carboxylic acids is 1. The van der Waals surface area contributed by atoms with E-state index in [0.717, 1.165) is 11.4 Å². The predicted molar refractivity (Wildman–Crippen MR) is 121 cm³/mol. The number of hydrogen-bond acceptors (Lipinski definition) is 6. The van der Waals surface area contributed by atoms with E-state index in [1.807, 2.05) is 59.9 Å². The Balaban J connectivity index is 1.69. The number of aryl methyl sites for hydroxylation is 1. The Hall–Kier alpha value is -4.59. The predicted octanol–water partition coefficient (Wildman–Crippen LogP) is 4.60. The Kier molecular flexibility index (Phi) is 4.79. The summed E-state index contributed by atoms with van der Waals surface area (Å²) in [6.07, 6.45) is 3.36. The molecule has 0 amide bonds. The summed E-state index contributed by atoms with van der Waals surface area (Å²) in [6, 6.07) is 20.2. The van der Waals surface area contributed by atoms with Crippen molar-refractivity contribution in [3.63, 3.8) is 0 Å². The van der Waals surface area contributed by atoms with Crippen LogP contribution < -0.4 is 5.32 Å². The van der Waals surface area contributed by atoms with E-state index in [9.17, 15) is 9.90 Å². The largest absolute Gasteiger partial charge is 0.478 e. The number of rotatable bonds is 5. The van der Waals surface area contributed by atoms with Crippen LogP contribution in [0.5, 0.6) is 0 Å². The van der Waals surface area contributed by atoms with E-state index in [-0.39, 0.29) is 5.56 Å². The van der Waals surface area contributed by atoms with Gasteiger partial charge in [-0.3, -0.25) is 9.38 Å². The monoisotopic (exact) mass is 422 g/mol. The molecular weight excluding hydrogens is 404 g/mol. The van der Waals surface area contributed by atoms with Crippen LogP contribution in [0.4, 0.5) is 11.6 Å². The van der Waals surface area contributed by atoms with Gasteiger partial charge in [0.05, 0.1) is 17.0 Å². The van der Waals surface area contributed by atoms with Crippen LogP contribution in [0.3, 0.4) is 0 Å². The van der Waals surface area contributed by atoms with E-state index in [1.54, 1.807) is 18.5 Å². The SMILES string of the molecule is Cc1cccc(-c2nc3cc(C(=O)O)ccn3c2-c2ccnc(Nc3ccccc3)n2)n1. The number of para-hydroxylation sites is 1. The van der Waals surface area contributed by atoms with Gasteiger partial charge in [0.2, 0.25) is 5.95 Å². The first-order valence-corrected chi connectivity index (χ1v) is 9.93. The van der Waals surface area contributed by atoms with Gasteiger partial charge in [0, 0.05) is 23.8 Å². The van der Waals surface area contributed by atoms with Gasteiger partial charge in [-0.1, -0.05) is 24.3 Å². The Morgan fingerprint density at radius 2 is 1.78 bits per heavy atom. The van der Waals surface area contributed by atoms with Crippen LogP contribution in [-0.4, -0.2) is 35.4 Å². The maximum Gasteiger partial charge on any atom is 0.335 e. The quantitative estimate of drug-likeness (QED) is 0.426. The number of carbonyl (C=O) groups is 1. The molecule has 0 atom stereocenters. The summed E-state index contributed by atoms with van der Waals surface area (Å²) in [5.41, 5.74) is 5.00. The molecule has 4 aromatic heterocycles. The van der Waals surface area contributed by atoms with E-state index < -0.39 is 5.97 Å². The first-order chi connectivity index (χ1) is 15.6. The van der Waals surface area contributed by atoms with E-state index in [0.29, 0.717) is 34.4 Å². The molecule has 4 heterocycles. The highest BCUT2D eigenvalue weighted by atomic mass is 16.4. The molecule has 5 rings (SSSR count). The Bertz CT molecular complexity index is 1450. The third kappa shape index (κ3) is 3.65. The number of pyridine rings is 2. The van der Waals surface area contributed by atoms with Crippen molar-refractivity contribution >= 4 is 23.3 Å². The fraction of sp³-hybridized carbons (Fsp3) is 0.0417. The van der Waals surface area contributed by atoms with Gasteiger partial charge in [-0.25, -0.2) is 19.7 Å². The van der Waals surface area contributed by atoms with Crippen molar-refractivity contribution < 1.29 is 9.90 Å². The van der Waals surface area contributed by atoms with Crippen molar-refractivity contribution in [1.29, 1.82) is 0 Å². The molecule has 0 aliphatic heterocycles. The van der Waals surface area contributed by atoms with Gasteiger partial charge in [-0.15, -0.1) is 0 Å². The van der Waals surface area contributed by atoms with Gasteiger partial charge in [0.25, 0.3) is 0 Å². The van der Waals surface area contributed by atoms with E-state index in [1.165, 1.54) is 12.1 Å². The van der Waals surface area contributed by atoms with Crippen molar-refractivity contribution in [2.75, 3.05) is 5.32 Å². The van der Waals surface area contributed by atoms with E-state index >= 15 is 0 Å². The first-order valence-electron chi connectivity index (χ1n) is 9.93. The number of hydrogen-bond donors (Lipinski definition) is 2. The van der Waals surface area contributed by atoms with Gasteiger partial charge in [-0.2, -0.15) is 0 Å². The van der Waals surface area contributed by atoms with Gasteiger partial charge in [-0.05, 0) is 49.4 Å². The highest BCUT2D eigenvalue weighted by Crippen LogP contribution is 2.31. The molecule has 0 saturated heterocycles. The molecule has 0 bridgehead atoms. The van der Waals surface area contributed by atoms with Crippen LogP contribution in [0.15, 0.2) is 79.1 Å². The van der Waals surface area contributed by atoms with Gasteiger partial charge in [0.1, 0.15) is 17.0 Å². The van der Waals surface area contributed by atoms with Gasteiger partial charge >= 0.3 is 5.97 Å². The lowest BCUT2D eigenvalue weighted by atomic mass is 10.1. The van der Waals surface area contributed by atoms with Crippen molar-refractivity contribution in [2.24, 2.45) is 0 Å². The van der Waals surface area contributed by atoms with Gasteiger partial charge < -0.3 is 10.4 Å². The van der Waals surface area contributed by atoms with Crippen molar-refractivity contribution in [1.82, 2.24) is 24.3 Å². The maximum atomic E-state index is 11.5. The summed E-state index contributed by atoms with van der Waals surface area (Å²) >= 11 is 0. The number of aromatic carboxylic acids is 1. The Morgan fingerprint density at radius 3 is 2.56 bits per heavy atom. The Morgan fingerprint density at radius 1 is 0.938 bits per heavy atom. The summed E-state index contributed by atoms with van der Waals surface area (Å²) in [5.74, 6) is -0.572. The second kappa shape index (κ2) is 7.92. The molecule has 0 saturated carbocycles. The third-order valence-corrected chi connectivity index (χ3v) is 4.93. The molecule has 5 aromatic rings. The number of nitrogens with one attached hydrogen (secondary N) is 1. The van der Waals surface area contributed by atoms with Crippen LogP contribution in [0.1, 0.15) is 16.1 Å². The number of fused-ring (bicyclic) bond motifs is 1. The first kappa shape index (κ1) is 19.4. The standard InChI is InChI=1S/C24H18N6O2/c1-15-6-5-9-18(26-15)21-22(30-13-11-16(23(31)32)14-20(30)29-21)19-10-12-25-24(28-19)27-17-7-3-2-4-8-17/h2-14H,1H3,(H,31,32)(H,25,27,28). The molecule has 0 unspecified atom stereocenters. The molecule has 8 heteroatoms. The zero-order valence-corrected chi connectivity index (χ0v) is 17.1. The summed E-state index contributed by atoms with van der Waals surface area (Å²) in [5, 5.41) is 12.6. The van der Waals surface area contributed by atoms with E-state index in [4.69, 9.17) is 9.97 Å². The lowest BCUT2D eigenvalue weighted by Crippen LogP contribution is -2.01. The summed E-state index contributed by atoms with van der Waals surface area (Å²) in [7, 11) is 0. The Labute approximate surface area is 183 Å². The minimum atomic E-state index is -1.01. The molecule has 0 radical (unpaired) electrons. The van der Waals surface area contributed by atoms with Crippen LogP contribution in [0, 0.1) is 6.92 Å². The average Bonchev–Trinajstić information content (AvgIpc) is 3.19. The molecule has 156 valence electrons. The molecule has 0 aliphatic rings.